The zero-order chi connectivity index (χ0) is 23.4. The molecule has 0 fully saturated rings. The Hall–Kier alpha value is -2.80. The number of aldehydes is 1. The molecule has 0 aliphatic rings. The number of aliphatic hydroxyl groups is 1. The standard InChI is InChI=1S/C25H25NO3S.CH4O/c1-15(2)29-13-17(12-27)24-23(21-14-30-22-8-6-5-7-18(21)22)20-11-16(3)9-10-19(20)25(28)26(24)4;1-2/h5-12,14-15,17H,13H2,1-4H3;2H,1H3. The minimum absolute atomic E-state index is 0.00222. The number of ether oxygens (including phenoxy) is 1. The van der Waals surface area contributed by atoms with Gasteiger partial charge in [-0.2, -0.15) is 0 Å². The van der Waals surface area contributed by atoms with Gasteiger partial charge in [0.1, 0.15) is 6.29 Å². The van der Waals surface area contributed by atoms with Crippen molar-refractivity contribution >= 4 is 38.5 Å². The highest BCUT2D eigenvalue weighted by Crippen LogP contribution is 2.41. The highest BCUT2D eigenvalue weighted by atomic mass is 32.1. The largest absolute Gasteiger partial charge is 0.400 e. The molecular formula is C26H29NO4S. The van der Waals surface area contributed by atoms with Gasteiger partial charge in [-0.15, -0.1) is 11.3 Å². The van der Waals surface area contributed by atoms with Gasteiger partial charge in [0.2, 0.25) is 0 Å². The van der Waals surface area contributed by atoms with Crippen LogP contribution in [0.2, 0.25) is 0 Å². The summed E-state index contributed by atoms with van der Waals surface area (Å²) >= 11 is 1.67. The van der Waals surface area contributed by atoms with Gasteiger partial charge in [0.05, 0.1) is 18.6 Å². The maximum Gasteiger partial charge on any atom is 0.258 e. The van der Waals surface area contributed by atoms with Crippen molar-refractivity contribution < 1.29 is 14.6 Å². The quantitative estimate of drug-likeness (QED) is 0.417. The second-order valence-electron chi connectivity index (χ2n) is 7.94. The van der Waals surface area contributed by atoms with Gasteiger partial charge in [0.25, 0.3) is 5.56 Å². The van der Waals surface area contributed by atoms with Crippen LogP contribution in [0.3, 0.4) is 0 Å². The molecule has 32 heavy (non-hydrogen) atoms. The molecule has 1 atom stereocenters. The topological polar surface area (TPSA) is 68.5 Å². The summed E-state index contributed by atoms with van der Waals surface area (Å²) in [5, 5.41) is 11.8. The van der Waals surface area contributed by atoms with E-state index in [2.05, 4.69) is 17.5 Å². The fourth-order valence-electron chi connectivity index (χ4n) is 4.01. The molecule has 6 heteroatoms. The summed E-state index contributed by atoms with van der Waals surface area (Å²) in [5.41, 5.74) is 3.67. The van der Waals surface area contributed by atoms with Crippen molar-refractivity contribution in [2.45, 2.75) is 32.8 Å². The highest BCUT2D eigenvalue weighted by molar-refractivity contribution is 7.17. The summed E-state index contributed by atoms with van der Waals surface area (Å²) in [6.45, 7) is 6.14. The molecular weight excluding hydrogens is 422 g/mol. The summed E-state index contributed by atoms with van der Waals surface area (Å²) in [7, 11) is 2.75. The van der Waals surface area contributed by atoms with Crippen LogP contribution in [0.25, 0.3) is 32.0 Å². The van der Waals surface area contributed by atoms with Crippen molar-refractivity contribution in [2.75, 3.05) is 13.7 Å². The second-order valence-corrected chi connectivity index (χ2v) is 8.85. The van der Waals surface area contributed by atoms with Crippen LogP contribution in [0.4, 0.5) is 0 Å². The molecule has 1 N–H and O–H groups in total. The number of carbonyl (C=O) groups excluding carboxylic acids is 1. The van der Waals surface area contributed by atoms with E-state index < -0.39 is 5.92 Å². The van der Waals surface area contributed by atoms with Crippen molar-refractivity contribution in [3.05, 3.63) is 69.5 Å². The Balaban J connectivity index is 0.00000141. The minimum atomic E-state index is -0.538. The molecule has 2 aromatic heterocycles. The van der Waals surface area contributed by atoms with Crippen molar-refractivity contribution in [1.82, 2.24) is 4.57 Å². The molecule has 0 saturated carbocycles. The van der Waals surface area contributed by atoms with Gasteiger partial charge in [0.15, 0.2) is 0 Å². The lowest BCUT2D eigenvalue weighted by Gasteiger charge is -2.22. The molecule has 4 rings (SSSR count). The zero-order valence-electron chi connectivity index (χ0n) is 19.1. The molecule has 1 unspecified atom stereocenters. The predicted molar refractivity (Wildman–Crippen MR) is 133 cm³/mol. The Bertz CT molecular complexity index is 1300. The normalized spacial score (nSPS) is 12.1. The molecule has 0 saturated heterocycles. The van der Waals surface area contributed by atoms with E-state index in [0.717, 1.165) is 40.9 Å². The first-order valence-corrected chi connectivity index (χ1v) is 11.4. The molecule has 168 valence electrons. The number of nitrogens with zero attached hydrogens (tertiary/aromatic N) is 1. The molecule has 0 aliphatic heterocycles. The molecule has 0 radical (unpaired) electrons. The van der Waals surface area contributed by atoms with Crippen LogP contribution in [0, 0.1) is 6.92 Å². The third-order valence-electron chi connectivity index (χ3n) is 5.47. The lowest BCUT2D eigenvalue weighted by atomic mass is 9.90. The Labute approximate surface area is 191 Å². The van der Waals surface area contributed by atoms with Crippen LogP contribution in [-0.4, -0.2) is 35.8 Å². The number of aliphatic hydroxyl groups excluding tert-OH is 1. The van der Waals surface area contributed by atoms with Gasteiger partial charge >= 0.3 is 0 Å². The van der Waals surface area contributed by atoms with E-state index in [0.29, 0.717) is 11.1 Å². The fraction of sp³-hybridized carbons (Fsp3) is 0.308. The smallest absolute Gasteiger partial charge is 0.258 e. The summed E-state index contributed by atoms with van der Waals surface area (Å²) in [4.78, 5) is 25.4. The maximum absolute atomic E-state index is 13.2. The third-order valence-corrected chi connectivity index (χ3v) is 6.44. The number of hydrogen-bond donors (Lipinski definition) is 1. The van der Waals surface area contributed by atoms with Crippen molar-refractivity contribution in [3.8, 4) is 11.1 Å². The number of pyridine rings is 1. The van der Waals surface area contributed by atoms with E-state index in [-0.39, 0.29) is 18.3 Å². The Morgan fingerprint density at radius 1 is 1.09 bits per heavy atom. The number of fused-ring (bicyclic) bond motifs is 2. The Kier molecular flexibility index (Phi) is 7.61. The second kappa shape index (κ2) is 10.2. The molecule has 0 spiro atoms. The number of hydrogen-bond acceptors (Lipinski definition) is 5. The number of thiophene rings is 1. The molecule has 2 aromatic carbocycles. The van der Waals surface area contributed by atoms with Gasteiger partial charge in [0, 0.05) is 46.5 Å². The first-order valence-electron chi connectivity index (χ1n) is 10.5. The predicted octanol–water partition coefficient (Wildman–Crippen LogP) is 5.04. The average molecular weight is 452 g/mol. The lowest BCUT2D eigenvalue weighted by molar-refractivity contribution is -0.110. The van der Waals surface area contributed by atoms with E-state index in [1.165, 1.54) is 4.70 Å². The van der Waals surface area contributed by atoms with Crippen LogP contribution in [0.1, 0.15) is 31.0 Å². The van der Waals surface area contributed by atoms with Gasteiger partial charge in [-0.1, -0.05) is 35.9 Å². The van der Waals surface area contributed by atoms with Crippen molar-refractivity contribution in [2.24, 2.45) is 7.05 Å². The number of rotatable bonds is 6. The van der Waals surface area contributed by atoms with Crippen LogP contribution < -0.4 is 5.56 Å². The monoisotopic (exact) mass is 451 g/mol. The highest BCUT2D eigenvalue weighted by Gasteiger charge is 2.25. The molecule has 0 aliphatic carbocycles. The van der Waals surface area contributed by atoms with E-state index in [1.54, 1.807) is 23.0 Å². The fourth-order valence-corrected chi connectivity index (χ4v) is 4.97. The number of aryl methyl sites for hydroxylation is 1. The van der Waals surface area contributed by atoms with Gasteiger partial charge < -0.3 is 19.2 Å². The number of aromatic nitrogens is 1. The van der Waals surface area contributed by atoms with E-state index in [4.69, 9.17) is 9.84 Å². The maximum atomic E-state index is 13.2. The summed E-state index contributed by atoms with van der Waals surface area (Å²) < 4.78 is 8.60. The van der Waals surface area contributed by atoms with Crippen LogP contribution in [0.15, 0.2) is 52.6 Å². The van der Waals surface area contributed by atoms with Crippen molar-refractivity contribution in [1.29, 1.82) is 0 Å². The Morgan fingerprint density at radius 2 is 1.81 bits per heavy atom. The summed E-state index contributed by atoms with van der Waals surface area (Å²) in [5.74, 6) is -0.538. The third kappa shape index (κ3) is 4.39. The van der Waals surface area contributed by atoms with Crippen LogP contribution >= 0.6 is 11.3 Å². The molecule has 4 aromatic rings. The zero-order valence-corrected chi connectivity index (χ0v) is 19.9. The van der Waals surface area contributed by atoms with E-state index in [9.17, 15) is 9.59 Å². The van der Waals surface area contributed by atoms with Crippen LogP contribution in [-0.2, 0) is 16.6 Å². The summed E-state index contributed by atoms with van der Waals surface area (Å²) in [6.07, 6.45) is 0.897. The van der Waals surface area contributed by atoms with Gasteiger partial charge in [-0.05, 0) is 43.7 Å². The molecule has 0 amide bonds. The first kappa shape index (κ1) is 23.9. The van der Waals surface area contributed by atoms with E-state index in [1.807, 2.05) is 51.1 Å². The first-order chi connectivity index (χ1) is 15.4. The molecule has 2 heterocycles. The van der Waals surface area contributed by atoms with Gasteiger partial charge in [-0.3, -0.25) is 4.79 Å². The minimum Gasteiger partial charge on any atom is -0.400 e. The van der Waals surface area contributed by atoms with Crippen molar-refractivity contribution in [3.63, 3.8) is 0 Å². The molecule has 5 nitrogen and oxygen atoms in total. The molecule has 0 bridgehead atoms. The van der Waals surface area contributed by atoms with E-state index >= 15 is 0 Å². The Morgan fingerprint density at radius 3 is 2.50 bits per heavy atom. The number of benzene rings is 2. The van der Waals surface area contributed by atoms with Crippen LogP contribution in [0.5, 0.6) is 0 Å². The SMILES string of the molecule is CO.Cc1ccc2c(=O)n(C)c(C(C=O)COC(C)C)c(-c3csc4ccccc34)c2c1. The lowest BCUT2D eigenvalue weighted by Crippen LogP contribution is -2.26. The summed E-state index contributed by atoms with van der Waals surface area (Å²) in [6, 6.07) is 14.1. The van der Waals surface area contributed by atoms with Gasteiger partial charge in [-0.25, -0.2) is 0 Å². The average Bonchev–Trinajstić information content (AvgIpc) is 3.22. The number of carbonyl (C=O) groups is 1.